The molecule has 0 aromatic heterocycles. The highest BCUT2D eigenvalue weighted by Gasteiger charge is 2.00. The lowest BCUT2D eigenvalue weighted by molar-refractivity contribution is -0.120. The van der Waals surface area contributed by atoms with Crippen molar-refractivity contribution in [2.75, 3.05) is 32.4 Å². The van der Waals surface area contributed by atoms with Crippen LogP contribution in [0.4, 0.5) is 0 Å². The molecule has 0 unspecified atom stereocenters. The number of sulfonamides is 1. The molecule has 15 heavy (non-hydrogen) atoms. The van der Waals surface area contributed by atoms with Gasteiger partial charge in [0, 0.05) is 13.1 Å². The molecule has 0 fully saturated rings. The van der Waals surface area contributed by atoms with Crippen LogP contribution < -0.4 is 15.4 Å². The van der Waals surface area contributed by atoms with Gasteiger partial charge in [-0.2, -0.15) is 0 Å². The van der Waals surface area contributed by atoms with Gasteiger partial charge >= 0.3 is 0 Å². The van der Waals surface area contributed by atoms with Crippen LogP contribution >= 0.6 is 0 Å². The average Bonchev–Trinajstić information content (AvgIpc) is 2.12. The van der Waals surface area contributed by atoms with Gasteiger partial charge in [0.25, 0.3) is 0 Å². The standard InChI is InChI=1S/C8H19N3O3S/c1-3-9-7-8(12)10-5-4-6-11-15(2,13)14/h9,11H,3-7H2,1-2H3,(H,10,12). The summed E-state index contributed by atoms with van der Waals surface area (Å²) in [6, 6.07) is 0. The molecule has 0 atom stereocenters. The molecular formula is C8H19N3O3S. The molecule has 0 aliphatic heterocycles. The molecule has 0 heterocycles. The minimum Gasteiger partial charge on any atom is -0.355 e. The zero-order chi connectivity index (χ0) is 11.7. The molecule has 0 saturated carbocycles. The fourth-order valence-electron chi connectivity index (χ4n) is 0.875. The molecule has 0 bridgehead atoms. The van der Waals surface area contributed by atoms with Crippen LogP contribution in [0.3, 0.4) is 0 Å². The molecule has 0 aliphatic rings. The number of nitrogens with one attached hydrogen (secondary N) is 3. The van der Waals surface area contributed by atoms with Gasteiger partial charge in [-0.15, -0.1) is 0 Å². The quantitative estimate of drug-likeness (QED) is 0.456. The number of hydrogen-bond donors (Lipinski definition) is 3. The van der Waals surface area contributed by atoms with Crippen LogP contribution in [-0.2, 0) is 14.8 Å². The van der Waals surface area contributed by atoms with E-state index < -0.39 is 10.0 Å². The molecule has 0 spiro atoms. The van der Waals surface area contributed by atoms with E-state index in [2.05, 4.69) is 15.4 Å². The van der Waals surface area contributed by atoms with Crippen LogP contribution in [0.5, 0.6) is 0 Å². The average molecular weight is 237 g/mol. The zero-order valence-electron chi connectivity index (χ0n) is 9.17. The Kier molecular flexibility index (Phi) is 7.27. The number of rotatable bonds is 8. The van der Waals surface area contributed by atoms with Gasteiger partial charge in [0.05, 0.1) is 12.8 Å². The number of carbonyl (C=O) groups excluding carboxylic acids is 1. The number of hydrogen-bond acceptors (Lipinski definition) is 4. The molecule has 0 radical (unpaired) electrons. The Morgan fingerprint density at radius 2 is 1.93 bits per heavy atom. The van der Waals surface area contributed by atoms with Crippen molar-refractivity contribution in [1.29, 1.82) is 0 Å². The van der Waals surface area contributed by atoms with Crippen molar-refractivity contribution < 1.29 is 13.2 Å². The highest BCUT2D eigenvalue weighted by molar-refractivity contribution is 7.88. The summed E-state index contributed by atoms with van der Waals surface area (Å²) in [5.41, 5.74) is 0. The second kappa shape index (κ2) is 7.61. The Morgan fingerprint density at radius 3 is 2.47 bits per heavy atom. The minimum absolute atomic E-state index is 0.0730. The van der Waals surface area contributed by atoms with Crippen LogP contribution in [0, 0.1) is 0 Å². The first-order chi connectivity index (χ1) is 6.95. The van der Waals surface area contributed by atoms with Gasteiger partial charge in [-0.3, -0.25) is 4.79 Å². The Bertz CT molecular complexity index is 277. The summed E-state index contributed by atoms with van der Waals surface area (Å²) >= 11 is 0. The second-order valence-corrected chi connectivity index (χ2v) is 4.98. The summed E-state index contributed by atoms with van der Waals surface area (Å²) in [6.07, 6.45) is 1.70. The van der Waals surface area contributed by atoms with E-state index in [4.69, 9.17) is 0 Å². The van der Waals surface area contributed by atoms with Gasteiger partial charge in [0.15, 0.2) is 0 Å². The lowest BCUT2D eigenvalue weighted by atomic mass is 10.4. The van der Waals surface area contributed by atoms with Gasteiger partial charge < -0.3 is 10.6 Å². The van der Waals surface area contributed by atoms with Crippen molar-refractivity contribution in [3.8, 4) is 0 Å². The van der Waals surface area contributed by atoms with Crippen LogP contribution in [0.2, 0.25) is 0 Å². The maximum absolute atomic E-state index is 11.0. The van der Waals surface area contributed by atoms with E-state index in [-0.39, 0.29) is 5.91 Å². The third kappa shape index (κ3) is 11.3. The summed E-state index contributed by atoms with van der Waals surface area (Å²) in [7, 11) is -3.11. The Balaban J connectivity index is 3.35. The van der Waals surface area contributed by atoms with Crippen molar-refractivity contribution in [3.63, 3.8) is 0 Å². The van der Waals surface area contributed by atoms with E-state index in [0.29, 0.717) is 26.1 Å². The van der Waals surface area contributed by atoms with E-state index in [1.54, 1.807) is 0 Å². The third-order valence-corrected chi connectivity index (χ3v) is 2.30. The number of amides is 1. The van der Waals surface area contributed by atoms with Gasteiger partial charge in [-0.1, -0.05) is 6.92 Å². The summed E-state index contributed by atoms with van der Waals surface area (Å²) in [5, 5.41) is 5.56. The lowest BCUT2D eigenvalue weighted by Gasteiger charge is -2.05. The first-order valence-electron chi connectivity index (χ1n) is 4.87. The van der Waals surface area contributed by atoms with E-state index in [9.17, 15) is 13.2 Å². The topological polar surface area (TPSA) is 87.3 Å². The smallest absolute Gasteiger partial charge is 0.233 e. The second-order valence-electron chi connectivity index (χ2n) is 3.15. The third-order valence-electron chi connectivity index (χ3n) is 1.58. The van der Waals surface area contributed by atoms with Crippen LogP contribution in [-0.4, -0.2) is 46.8 Å². The van der Waals surface area contributed by atoms with Gasteiger partial charge in [0.2, 0.25) is 15.9 Å². The first kappa shape index (κ1) is 14.3. The molecule has 6 nitrogen and oxygen atoms in total. The highest BCUT2D eigenvalue weighted by Crippen LogP contribution is 1.78. The van der Waals surface area contributed by atoms with E-state index >= 15 is 0 Å². The summed E-state index contributed by atoms with van der Waals surface area (Å²) in [4.78, 5) is 11.0. The number of likely N-dealkylation sites (N-methyl/N-ethyl adjacent to an activating group) is 1. The molecule has 0 aromatic rings. The molecule has 0 aliphatic carbocycles. The van der Waals surface area contributed by atoms with Gasteiger partial charge in [-0.05, 0) is 13.0 Å². The predicted octanol–water partition coefficient (Wildman–Crippen LogP) is -1.35. The van der Waals surface area contributed by atoms with Gasteiger partial charge in [-0.25, -0.2) is 13.1 Å². The van der Waals surface area contributed by atoms with E-state index in [1.807, 2.05) is 6.92 Å². The zero-order valence-corrected chi connectivity index (χ0v) is 9.99. The molecule has 0 aromatic carbocycles. The van der Waals surface area contributed by atoms with Crippen molar-refractivity contribution in [2.24, 2.45) is 0 Å². The van der Waals surface area contributed by atoms with Gasteiger partial charge in [0.1, 0.15) is 0 Å². The molecule has 1 amide bonds. The largest absolute Gasteiger partial charge is 0.355 e. The normalized spacial score (nSPS) is 11.3. The Morgan fingerprint density at radius 1 is 1.27 bits per heavy atom. The Labute approximate surface area is 90.9 Å². The van der Waals surface area contributed by atoms with Crippen LogP contribution in [0.25, 0.3) is 0 Å². The van der Waals surface area contributed by atoms with Crippen LogP contribution in [0.1, 0.15) is 13.3 Å². The van der Waals surface area contributed by atoms with Crippen molar-refractivity contribution in [1.82, 2.24) is 15.4 Å². The fourth-order valence-corrected chi connectivity index (χ4v) is 1.39. The highest BCUT2D eigenvalue weighted by atomic mass is 32.2. The molecule has 90 valence electrons. The SMILES string of the molecule is CCNCC(=O)NCCCNS(C)(=O)=O. The van der Waals surface area contributed by atoms with E-state index in [1.165, 1.54) is 0 Å². The Hall–Kier alpha value is -0.660. The lowest BCUT2D eigenvalue weighted by Crippen LogP contribution is -2.35. The molecular weight excluding hydrogens is 218 g/mol. The van der Waals surface area contributed by atoms with Crippen molar-refractivity contribution in [2.45, 2.75) is 13.3 Å². The summed E-state index contributed by atoms with van der Waals surface area (Å²) in [5.74, 6) is -0.0730. The first-order valence-corrected chi connectivity index (χ1v) is 6.77. The monoisotopic (exact) mass is 237 g/mol. The fraction of sp³-hybridized carbons (Fsp3) is 0.875. The minimum atomic E-state index is -3.11. The van der Waals surface area contributed by atoms with Crippen LogP contribution in [0.15, 0.2) is 0 Å². The maximum Gasteiger partial charge on any atom is 0.233 e. The van der Waals surface area contributed by atoms with E-state index in [0.717, 1.165) is 12.8 Å². The molecule has 0 saturated heterocycles. The van der Waals surface area contributed by atoms with Crippen molar-refractivity contribution in [3.05, 3.63) is 0 Å². The van der Waals surface area contributed by atoms with Crippen molar-refractivity contribution >= 4 is 15.9 Å². The summed E-state index contributed by atoms with van der Waals surface area (Å²) < 4.78 is 23.7. The summed E-state index contributed by atoms with van der Waals surface area (Å²) in [6.45, 7) is 3.80. The molecule has 7 heteroatoms. The predicted molar refractivity (Wildman–Crippen MR) is 59.0 cm³/mol. The number of carbonyl (C=O) groups is 1. The maximum atomic E-state index is 11.0. The molecule has 3 N–H and O–H groups in total. The molecule has 0 rings (SSSR count).